The quantitative estimate of drug-likeness (QED) is 0.677. The molecule has 2 aliphatic carbocycles. The predicted molar refractivity (Wildman–Crippen MR) is 90.6 cm³/mol. The summed E-state index contributed by atoms with van der Waals surface area (Å²) >= 11 is 0. The number of hydrogen-bond acceptors (Lipinski definition) is 4. The Morgan fingerprint density at radius 3 is 2.40 bits per heavy atom. The molecular formula is C17H22N2O5S. The zero-order valence-electron chi connectivity index (χ0n) is 13.8. The van der Waals surface area contributed by atoms with Crippen molar-refractivity contribution in [1.29, 1.82) is 0 Å². The molecule has 2 saturated carbocycles. The van der Waals surface area contributed by atoms with Crippen molar-refractivity contribution in [3.8, 4) is 0 Å². The second-order valence-corrected chi connectivity index (χ2v) is 8.47. The second kappa shape index (κ2) is 7.13. The molecule has 0 radical (unpaired) electrons. The minimum atomic E-state index is -3.69. The van der Waals surface area contributed by atoms with Gasteiger partial charge in [0, 0.05) is 11.6 Å². The van der Waals surface area contributed by atoms with E-state index in [0.717, 1.165) is 38.5 Å². The molecule has 1 aromatic rings. The highest BCUT2D eigenvalue weighted by Crippen LogP contribution is 2.33. The Hall–Kier alpha value is -1.93. The van der Waals surface area contributed by atoms with Crippen molar-refractivity contribution in [2.24, 2.45) is 5.92 Å². The zero-order valence-corrected chi connectivity index (χ0v) is 14.6. The van der Waals surface area contributed by atoms with Crippen molar-refractivity contribution >= 4 is 21.9 Å². The Balaban J connectivity index is 1.73. The number of amides is 1. The molecule has 1 aromatic carbocycles. The van der Waals surface area contributed by atoms with Crippen LogP contribution in [0.1, 0.15) is 48.9 Å². The van der Waals surface area contributed by atoms with Crippen LogP contribution in [-0.4, -0.2) is 37.5 Å². The average Bonchev–Trinajstić information content (AvgIpc) is 3.29. The Bertz CT molecular complexity index is 767. The molecule has 1 unspecified atom stereocenters. The molecule has 0 aromatic heterocycles. The van der Waals surface area contributed by atoms with Crippen molar-refractivity contribution in [2.45, 2.75) is 55.5 Å². The van der Waals surface area contributed by atoms with Gasteiger partial charge in [-0.25, -0.2) is 17.9 Å². The number of carboxylic acid groups (broad SMARTS) is 1. The number of carboxylic acids is 1. The lowest BCUT2D eigenvalue weighted by Gasteiger charge is -2.15. The summed E-state index contributed by atoms with van der Waals surface area (Å²) in [4.78, 5) is 23.6. The standard InChI is InChI=1S/C17H22N2O5S/c20-16(18-15(17(21)22)11-8-9-11)12-4-3-7-14(10-12)25(23,24)19-13-5-1-2-6-13/h3-4,7,10-11,13,15,19H,1-2,5-6,8-9H2,(H,18,20)(H,21,22). The van der Waals surface area contributed by atoms with E-state index < -0.39 is 27.9 Å². The summed E-state index contributed by atoms with van der Waals surface area (Å²) in [6.45, 7) is 0. The Kier molecular flexibility index (Phi) is 5.10. The summed E-state index contributed by atoms with van der Waals surface area (Å²) in [5.74, 6) is -1.68. The van der Waals surface area contributed by atoms with E-state index in [0.29, 0.717) is 0 Å². The van der Waals surface area contributed by atoms with Crippen LogP contribution >= 0.6 is 0 Å². The van der Waals surface area contributed by atoms with Crippen LogP contribution in [0, 0.1) is 5.92 Å². The van der Waals surface area contributed by atoms with E-state index in [1.165, 1.54) is 24.3 Å². The number of carbonyl (C=O) groups excluding carboxylic acids is 1. The van der Waals surface area contributed by atoms with Crippen LogP contribution in [-0.2, 0) is 14.8 Å². The molecule has 7 nitrogen and oxygen atoms in total. The van der Waals surface area contributed by atoms with Crippen molar-refractivity contribution in [1.82, 2.24) is 10.0 Å². The molecule has 0 bridgehead atoms. The SMILES string of the molecule is O=C(NC(C(=O)O)C1CC1)c1cccc(S(=O)(=O)NC2CCCC2)c1. The number of sulfonamides is 1. The van der Waals surface area contributed by atoms with Crippen LogP contribution in [0.4, 0.5) is 0 Å². The van der Waals surface area contributed by atoms with Gasteiger partial charge in [0.25, 0.3) is 5.91 Å². The third kappa shape index (κ3) is 4.38. The minimum absolute atomic E-state index is 0.0188. The highest BCUT2D eigenvalue weighted by molar-refractivity contribution is 7.89. The van der Waals surface area contributed by atoms with E-state index in [1.807, 2.05) is 0 Å². The van der Waals surface area contributed by atoms with Gasteiger partial charge in [-0.1, -0.05) is 18.9 Å². The molecular weight excluding hydrogens is 344 g/mol. The second-order valence-electron chi connectivity index (χ2n) is 6.76. The van der Waals surface area contributed by atoms with Gasteiger partial charge in [-0.2, -0.15) is 0 Å². The molecule has 136 valence electrons. The van der Waals surface area contributed by atoms with Gasteiger partial charge in [0.15, 0.2) is 0 Å². The molecule has 1 atom stereocenters. The maximum atomic E-state index is 12.5. The molecule has 25 heavy (non-hydrogen) atoms. The molecule has 8 heteroatoms. The van der Waals surface area contributed by atoms with Gasteiger partial charge < -0.3 is 10.4 Å². The molecule has 2 aliphatic rings. The fourth-order valence-corrected chi connectivity index (χ4v) is 4.52. The van der Waals surface area contributed by atoms with Crippen LogP contribution in [0.2, 0.25) is 0 Å². The lowest BCUT2D eigenvalue weighted by molar-refractivity contribution is -0.139. The fraction of sp³-hybridized carbons (Fsp3) is 0.529. The topological polar surface area (TPSA) is 113 Å². The number of benzene rings is 1. The molecule has 2 fully saturated rings. The Morgan fingerprint density at radius 1 is 1.12 bits per heavy atom. The van der Waals surface area contributed by atoms with Gasteiger partial charge in [-0.3, -0.25) is 4.79 Å². The van der Waals surface area contributed by atoms with Crippen molar-refractivity contribution in [3.63, 3.8) is 0 Å². The number of nitrogens with one attached hydrogen (secondary N) is 2. The van der Waals surface area contributed by atoms with Gasteiger partial charge in [0.1, 0.15) is 6.04 Å². The van der Waals surface area contributed by atoms with Gasteiger partial charge in [-0.15, -0.1) is 0 Å². The maximum absolute atomic E-state index is 12.5. The monoisotopic (exact) mass is 366 g/mol. The van der Waals surface area contributed by atoms with Crippen LogP contribution in [0.3, 0.4) is 0 Å². The number of aliphatic carboxylic acids is 1. The van der Waals surface area contributed by atoms with E-state index in [-0.39, 0.29) is 22.4 Å². The average molecular weight is 366 g/mol. The van der Waals surface area contributed by atoms with E-state index >= 15 is 0 Å². The number of carbonyl (C=O) groups is 2. The first kappa shape index (κ1) is 17.9. The van der Waals surface area contributed by atoms with Crippen LogP contribution in [0.15, 0.2) is 29.2 Å². The predicted octanol–water partition coefficient (Wildman–Crippen LogP) is 1.50. The summed E-state index contributed by atoms with van der Waals surface area (Å²) in [7, 11) is -3.69. The maximum Gasteiger partial charge on any atom is 0.326 e. The largest absolute Gasteiger partial charge is 0.480 e. The molecule has 0 aliphatic heterocycles. The lowest BCUT2D eigenvalue weighted by Crippen LogP contribution is -2.42. The minimum Gasteiger partial charge on any atom is -0.480 e. The van der Waals surface area contributed by atoms with Gasteiger partial charge >= 0.3 is 5.97 Å². The summed E-state index contributed by atoms with van der Waals surface area (Å²) in [5.41, 5.74) is 0.140. The highest BCUT2D eigenvalue weighted by Gasteiger charge is 2.37. The van der Waals surface area contributed by atoms with E-state index in [9.17, 15) is 23.1 Å². The summed E-state index contributed by atoms with van der Waals surface area (Å²) in [5, 5.41) is 11.7. The van der Waals surface area contributed by atoms with Crippen molar-refractivity contribution < 1.29 is 23.1 Å². The highest BCUT2D eigenvalue weighted by atomic mass is 32.2. The first-order valence-corrected chi connectivity index (χ1v) is 10.0. The molecule has 0 spiro atoms. The van der Waals surface area contributed by atoms with E-state index in [4.69, 9.17) is 0 Å². The van der Waals surface area contributed by atoms with Gasteiger partial charge in [0.2, 0.25) is 10.0 Å². The normalized spacial score (nSPS) is 19.5. The van der Waals surface area contributed by atoms with E-state index in [2.05, 4.69) is 10.0 Å². The third-order valence-electron chi connectivity index (χ3n) is 4.73. The molecule has 0 saturated heterocycles. The molecule has 3 rings (SSSR count). The van der Waals surface area contributed by atoms with Crippen molar-refractivity contribution in [2.75, 3.05) is 0 Å². The summed E-state index contributed by atoms with van der Waals surface area (Å²) in [6, 6.07) is 4.71. The summed E-state index contributed by atoms with van der Waals surface area (Å²) in [6.07, 6.45) is 5.21. The van der Waals surface area contributed by atoms with Crippen LogP contribution in [0.25, 0.3) is 0 Å². The zero-order chi connectivity index (χ0) is 18.0. The summed E-state index contributed by atoms with van der Waals surface area (Å²) < 4.78 is 27.6. The molecule has 0 heterocycles. The van der Waals surface area contributed by atoms with Gasteiger partial charge in [0.05, 0.1) is 4.90 Å². The first-order chi connectivity index (χ1) is 11.9. The van der Waals surface area contributed by atoms with E-state index in [1.54, 1.807) is 0 Å². The fourth-order valence-electron chi connectivity index (χ4n) is 3.17. The number of rotatable bonds is 7. The molecule has 3 N–H and O–H groups in total. The number of hydrogen-bond donors (Lipinski definition) is 3. The Labute approximate surface area is 146 Å². The Morgan fingerprint density at radius 2 is 1.80 bits per heavy atom. The van der Waals surface area contributed by atoms with Crippen LogP contribution in [0.5, 0.6) is 0 Å². The van der Waals surface area contributed by atoms with Crippen LogP contribution < -0.4 is 10.0 Å². The molecule has 1 amide bonds. The van der Waals surface area contributed by atoms with Gasteiger partial charge in [-0.05, 0) is 49.8 Å². The first-order valence-electron chi connectivity index (χ1n) is 8.53. The smallest absolute Gasteiger partial charge is 0.326 e. The lowest BCUT2D eigenvalue weighted by atomic mass is 10.1. The third-order valence-corrected chi connectivity index (χ3v) is 6.25. The van der Waals surface area contributed by atoms with Crippen molar-refractivity contribution in [3.05, 3.63) is 29.8 Å².